The van der Waals surface area contributed by atoms with E-state index in [0.29, 0.717) is 17.2 Å². The summed E-state index contributed by atoms with van der Waals surface area (Å²) in [4.78, 5) is 11.5. The maximum absolute atomic E-state index is 11.5. The molecule has 0 heterocycles. The predicted molar refractivity (Wildman–Crippen MR) is 83.2 cm³/mol. The number of aliphatic hydroxyl groups excluding tert-OH is 1. The number of ether oxygens (including phenoxy) is 2. The SMILES string of the molecule is COc1ccc(Oc2ccc(NC(=O)[C@@H](N)CO)cc2)cc1. The van der Waals surface area contributed by atoms with Crippen LogP contribution in [-0.4, -0.2) is 30.8 Å². The average molecular weight is 302 g/mol. The van der Waals surface area contributed by atoms with E-state index in [2.05, 4.69) is 5.32 Å². The van der Waals surface area contributed by atoms with Gasteiger partial charge in [-0.3, -0.25) is 4.79 Å². The first-order valence-corrected chi connectivity index (χ1v) is 6.71. The Bertz CT molecular complexity index is 611. The summed E-state index contributed by atoms with van der Waals surface area (Å²) < 4.78 is 10.8. The van der Waals surface area contributed by atoms with Crippen LogP contribution < -0.4 is 20.5 Å². The highest BCUT2D eigenvalue weighted by atomic mass is 16.5. The van der Waals surface area contributed by atoms with Crippen LogP contribution >= 0.6 is 0 Å². The third-order valence-corrected chi connectivity index (χ3v) is 2.95. The van der Waals surface area contributed by atoms with Crippen molar-refractivity contribution in [1.29, 1.82) is 0 Å². The summed E-state index contributed by atoms with van der Waals surface area (Å²) in [6.07, 6.45) is 0. The summed E-state index contributed by atoms with van der Waals surface area (Å²) in [7, 11) is 1.60. The minimum absolute atomic E-state index is 0.398. The van der Waals surface area contributed by atoms with Crippen LogP contribution in [0.5, 0.6) is 17.2 Å². The Kier molecular flexibility index (Phi) is 5.35. The number of carbonyl (C=O) groups is 1. The Hall–Kier alpha value is -2.57. The Labute approximate surface area is 128 Å². The van der Waals surface area contributed by atoms with E-state index in [1.807, 2.05) is 0 Å². The first-order valence-electron chi connectivity index (χ1n) is 6.71. The monoisotopic (exact) mass is 302 g/mol. The van der Waals surface area contributed by atoms with Crippen molar-refractivity contribution in [2.24, 2.45) is 5.73 Å². The molecule has 0 spiro atoms. The first-order chi connectivity index (χ1) is 10.6. The van der Waals surface area contributed by atoms with E-state index in [0.717, 1.165) is 5.75 Å². The zero-order valence-electron chi connectivity index (χ0n) is 12.2. The Morgan fingerprint density at radius 2 is 1.59 bits per heavy atom. The van der Waals surface area contributed by atoms with Gasteiger partial charge in [-0.05, 0) is 48.5 Å². The summed E-state index contributed by atoms with van der Waals surface area (Å²) in [6, 6.07) is 13.1. The fourth-order valence-electron chi connectivity index (χ4n) is 1.70. The lowest BCUT2D eigenvalue weighted by atomic mass is 10.2. The largest absolute Gasteiger partial charge is 0.497 e. The number of hydrogen-bond donors (Lipinski definition) is 3. The molecular formula is C16H18N2O4. The van der Waals surface area contributed by atoms with E-state index in [9.17, 15) is 4.79 Å². The molecule has 116 valence electrons. The van der Waals surface area contributed by atoms with Gasteiger partial charge < -0.3 is 25.6 Å². The fourth-order valence-corrected chi connectivity index (χ4v) is 1.70. The molecule has 0 saturated carbocycles. The van der Waals surface area contributed by atoms with Crippen molar-refractivity contribution < 1.29 is 19.4 Å². The third-order valence-electron chi connectivity index (χ3n) is 2.95. The summed E-state index contributed by atoms with van der Waals surface area (Å²) in [6.45, 7) is -0.398. The number of nitrogens with two attached hydrogens (primary N) is 1. The van der Waals surface area contributed by atoms with Gasteiger partial charge in [0.25, 0.3) is 0 Å². The van der Waals surface area contributed by atoms with E-state index >= 15 is 0 Å². The minimum Gasteiger partial charge on any atom is -0.497 e. The smallest absolute Gasteiger partial charge is 0.243 e. The number of hydrogen-bond acceptors (Lipinski definition) is 5. The zero-order valence-corrected chi connectivity index (χ0v) is 12.2. The maximum Gasteiger partial charge on any atom is 0.243 e. The van der Waals surface area contributed by atoms with Crippen LogP contribution in [0.4, 0.5) is 5.69 Å². The van der Waals surface area contributed by atoms with Crippen LogP contribution in [0.15, 0.2) is 48.5 Å². The van der Waals surface area contributed by atoms with E-state index < -0.39 is 18.6 Å². The molecule has 6 nitrogen and oxygen atoms in total. The van der Waals surface area contributed by atoms with Gasteiger partial charge in [0.05, 0.1) is 13.7 Å². The highest BCUT2D eigenvalue weighted by Crippen LogP contribution is 2.24. The molecule has 6 heteroatoms. The molecular weight excluding hydrogens is 284 g/mol. The van der Waals surface area contributed by atoms with E-state index in [1.54, 1.807) is 55.6 Å². The fraction of sp³-hybridized carbons (Fsp3) is 0.188. The lowest BCUT2D eigenvalue weighted by molar-refractivity contribution is -0.118. The molecule has 0 saturated heterocycles. The second-order valence-electron chi connectivity index (χ2n) is 4.58. The Morgan fingerprint density at radius 3 is 2.09 bits per heavy atom. The van der Waals surface area contributed by atoms with Crippen LogP contribution in [0, 0.1) is 0 Å². The molecule has 2 rings (SSSR count). The number of benzene rings is 2. The number of rotatable bonds is 6. The van der Waals surface area contributed by atoms with E-state index in [1.165, 1.54) is 0 Å². The highest BCUT2D eigenvalue weighted by Gasteiger charge is 2.11. The number of nitrogens with one attached hydrogen (secondary N) is 1. The van der Waals surface area contributed by atoms with Crippen LogP contribution in [0.25, 0.3) is 0 Å². The van der Waals surface area contributed by atoms with Crippen LogP contribution in [0.1, 0.15) is 0 Å². The predicted octanol–water partition coefficient (Wildman–Crippen LogP) is 1.75. The number of carbonyl (C=O) groups excluding carboxylic acids is 1. The molecule has 2 aromatic carbocycles. The van der Waals surface area contributed by atoms with Crippen molar-refractivity contribution in [1.82, 2.24) is 0 Å². The molecule has 0 bridgehead atoms. The Morgan fingerprint density at radius 1 is 1.09 bits per heavy atom. The Balaban J connectivity index is 1.97. The highest BCUT2D eigenvalue weighted by molar-refractivity contribution is 5.94. The van der Waals surface area contributed by atoms with Gasteiger partial charge in [0.1, 0.15) is 23.3 Å². The molecule has 2 aromatic rings. The molecule has 0 unspecified atom stereocenters. The van der Waals surface area contributed by atoms with Gasteiger partial charge in [-0.25, -0.2) is 0 Å². The molecule has 1 atom stereocenters. The molecule has 0 aliphatic heterocycles. The normalized spacial score (nSPS) is 11.6. The summed E-state index contributed by atoms with van der Waals surface area (Å²) in [5.74, 6) is 1.63. The summed E-state index contributed by atoms with van der Waals surface area (Å²) in [5.41, 5.74) is 6.00. The second kappa shape index (κ2) is 7.44. The van der Waals surface area contributed by atoms with Gasteiger partial charge in [0.2, 0.25) is 5.91 Å². The summed E-state index contributed by atoms with van der Waals surface area (Å²) in [5, 5.41) is 11.4. The molecule has 0 fully saturated rings. The summed E-state index contributed by atoms with van der Waals surface area (Å²) >= 11 is 0. The average Bonchev–Trinajstić information content (AvgIpc) is 2.56. The lowest BCUT2D eigenvalue weighted by Gasteiger charge is -2.10. The van der Waals surface area contributed by atoms with Crippen molar-refractivity contribution in [3.8, 4) is 17.2 Å². The number of aliphatic hydroxyl groups is 1. The van der Waals surface area contributed by atoms with Crippen molar-refractivity contribution in [2.75, 3.05) is 19.0 Å². The topological polar surface area (TPSA) is 93.8 Å². The van der Waals surface area contributed by atoms with Gasteiger partial charge in [-0.15, -0.1) is 0 Å². The molecule has 1 amide bonds. The standard InChI is InChI=1S/C16H18N2O4/c1-21-12-6-8-14(9-7-12)22-13-4-2-11(3-5-13)18-16(20)15(17)10-19/h2-9,15,19H,10,17H2,1H3,(H,18,20)/t15-/m0/s1. The minimum atomic E-state index is -0.935. The van der Waals surface area contributed by atoms with E-state index in [-0.39, 0.29) is 0 Å². The van der Waals surface area contributed by atoms with Crippen LogP contribution in [-0.2, 0) is 4.79 Å². The van der Waals surface area contributed by atoms with Gasteiger partial charge in [0, 0.05) is 5.69 Å². The van der Waals surface area contributed by atoms with Crippen LogP contribution in [0.3, 0.4) is 0 Å². The second-order valence-corrected chi connectivity index (χ2v) is 4.58. The first kappa shape index (κ1) is 15.8. The molecule has 0 aromatic heterocycles. The number of methoxy groups -OCH3 is 1. The molecule has 22 heavy (non-hydrogen) atoms. The zero-order chi connectivity index (χ0) is 15.9. The maximum atomic E-state index is 11.5. The van der Waals surface area contributed by atoms with Gasteiger partial charge >= 0.3 is 0 Å². The molecule has 4 N–H and O–H groups in total. The number of amides is 1. The van der Waals surface area contributed by atoms with Crippen molar-refractivity contribution >= 4 is 11.6 Å². The third kappa shape index (κ3) is 4.21. The quantitative estimate of drug-likeness (QED) is 0.755. The van der Waals surface area contributed by atoms with Gasteiger partial charge in [-0.2, -0.15) is 0 Å². The molecule has 0 aliphatic rings. The molecule has 0 radical (unpaired) electrons. The lowest BCUT2D eigenvalue weighted by Crippen LogP contribution is -2.38. The molecule has 0 aliphatic carbocycles. The van der Waals surface area contributed by atoms with Crippen LogP contribution in [0.2, 0.25) is 0 Å². The van der Waals surface area contributed by atoms with Gasteiger partial charge in [-0.1, -0.05) is 0 Å². The van der Waals surface area contributed by atoms with Crippen molar-refractivity contribution in [2.45, 2.75) is 6.04 Å². The van der Waals surface area contributed by atoms with Gasteiger partial charge in [0.15, 0.2) is 0 Å². The van der Waals surface area contributed by atoms with Crippen molar-refractivity contribution in [3.05, 3.63) is 48.5 Å². The number of anilines is 1. The van der Waals surface area contributed by atoms with E-state index in [4.69, 9.17) is 20.3 Å². The van der Waals surface area contributed by atoms with Crippen molar-refractivity contribution in [3.63, 3.8) is 0 Å².